The van der Waals surface area contributed by atoms with Gasteiger partial charge in [-0.25, -0.2) is 9.69 Å². The normalized spacial score (nSPS) is 21.3. The monoisotopic (exact) mass is 937 g/mol. The molecule has 3 aliphatic heterocycles. The number of benzene rings is 5. The first-order chi connectivity index (χ1) is 33.4. The number of hydrogen-bond donors (Lipinski definition) is 2. The van der Waals surface area contributed by atoms with Gasteiger partial charge in [0.15, 0.2) is 5.92 Å². The molecule has 69 heavy (non-hydrogen) atoms. The van der Waals surface area contributed by atoms with Crippen molar-refractivity contribution in [2.75, 3.05) is 32.3 Å². The van der Waals surface area contributed by atoms with Crippen molar-refractivity contribution in [2.24, 2.45) is 11.8 Å². The number of aliphatic hydroxyl groups is 1. The number of fused-ring (bicyclic) bond motifs is 3. The molecule has 352 valence electrons. The number of non-ortho nitro benzene ring substituents is 1. The molecule has 3 aliphatic rings. The quantitative estimate of drug-likeness (QED) is 0.0356. The van der Waals surface area contributed by atoms with Crippen LogP contribution in [0, 0.1) is 33.8 Å². The largest absolute Gasteiger partial charge is 0.491 e. The van der Waals surface area contributed by atoms with Gasteiger partial charge in [0.05, 0.1) is 43.5 Å². The van der Waals surface area contributed by atoms with Crippen molar-refractivity contribution in [3.8, 4) is 17.6 Å². The van der Waals surface area contributed by atoms with Crippen molar-refractivity contribution < 1.29 is 67.6 Å². The average Bonchev–Trinajstić information content (AvgIpc) is 3.82. The summed E-state index contributed by atoms with van der Waals surface area (Å²) < 4.78 is 27.7. The molecule has 2 saturated heterocycles. The second kappa shape index (κ2) is 19.8. The lowest BCUT2D eigenvalue weighted by Crippen LogP contribution is -2.53. The van der Waals surface area contributed by atoms with Crippen molar-refractivity contribution in [3.63, 3.8) is 0 Å². The minimum Gasteiger partial charge on any atom is -0.491 e. The molecule has 6 atom stereocenters. The number of aliphatic hydroxyl groups excluding tert-OH is 1. The van der Waals surface area contributed by atoms with Crippen LogP contribution in [-0.2, 0) is 54.9 Å². The number of carboxylic acid groups (broad SMARTS) is 1. The Kier molecular flexibility index (Phi) is 13.5. The first kappa shape index (κ1) is 47.1. The van der Waals surface area contributed by atoms with Gasteiger partial charge in [-0.15, -0.1) is 0 Å². The fourth-order valence-corrected chi connectivity index (χ4v) is 9.64. The van der Waals surface area contributed by atoms with E-state index < -0.39 is 95.5 Å². The molecule has 0 aliphatic carbocycles. The summed E-state index contributed by atoms with van der Waals surface area (Å²) in [5.41, 5.74) is -0.970. The van der Waals surface area contributed by atoms with E-state index in [-0.39, 0.29) is 46.8 Å². The number of nitrogens with zero attached hydrogens (tertiary/aromatic N) is 3. The van der Waals surface area contributed by atoms with E-state index >= 15 is 4.79 Å². The maximum Gasteiger partial charge on any atom is 0.421 e. The van der Waals surface area contributed by atoms with Gasteiger partial charge in [-0.3, -0.25) is 39.0 Å². The van der Waals surface area contributed by atoms with Crippen molar-refractivity contribution >= 4 is 47.3 Å². The molecule has 18 nitrogen and oxygen atoms in total. The molecule has 0 unspecified atom stereocenters. The number of morpholine rings is 1. The molecular formula is C51H43N3O15. The van der Waals surface area contributed by atoms with Crippen molar-refractivity contribution in [2.45, 2.75) is 42.7 Å². The molecule has 5 aromatic rings. The molecule has 2 N–H and O–H groups in total. The molecule has 1 spiro atoms. The predicted molar refractivity (Wildman–Crippen MR) is 241 cm³/mol. The van der Waals surface area contributed by atoms with Crippen LogP contribution >= 0.6 is 0 Å². The number of anilines is 1. The third-order valence-corrected chi connectivity index (χ3v) is 12.5. The number of imide groups is 1. The van der Waals surface area contributed by atoms with Crippen LogP contribution in [0.15, 0.2) is 127 Å². The highest BCUT2D eigenvalue weighted by molar-refractivity contribution is 6.23. The number of amides is 2. The summed E-state index contributed by atoms with van der Waals surface area (Å²) in [6.07, 6.45) is -2.68. The first-order valence-corrected chi connectivity index (χ1v) is 21.5. The molecular weight excluding hydrogens is 895 g/mol. The minimum atomic E-state index is -2.42. The number of cyclic esters (lactones) is 1. The number of carbonyl (C=O) groups excluding carboxylic acids is 5. The Morgan fingerprint density at radius 3 is 2.10 bits per heavy atom. The first-order valence-electron chi connectivity index (χ1n) is 21.5. The summed E-state index contributed by atoms with van der Waals surface area (Å²) in [5, 5.41) is 33.0. The third kappa shape index (κ3) is 8.49. The lowest BCUT2D eigenvalue weighted by molar-refractivity contribution is -0.384. The number of carboxylic acids is 1. The zero-order valence-corrected chi connectivity index (χ0v) is 37.0. The van der Waals surface area contributed by atoms with Gasteiger partial charge >= 0.3 is 30.0 Å². The Morgan fingerprint density at radius 2 is 1.48 bits per heavy atom. The predicted octanol–water partition coefficient (Wildman–Crippen LogP) is 5.76. The van der Waals surface area contributed by atoms with Crippen LogP contribution in [-0.4, -0.2) is 89.4 Å². The van der Waals surface area contributed by atoms with Gasteiger partial charge in [0.1, 0.15) is 42.4 Å². The van der Waals surface area contributed by atoms with Crippen molar-refractivity contribution in [3.05, 3.63) is 171 Å². The van der Waals surface area contributed by atoms with E-state index in [1.807, 2.05) is 0 Å². The number of aliphatic carboxylic acids is 1. The van der Waals surface area contributed by atoms with E-state index in [0.29, 0.717) is 21.6 Å². The zero-order chi connectivity index (χ0) is 49.0. The lowest BCUT2D eigenvalue weighted by atomic mass is 9.65. The SMILES string of the molecule is COC(=O)C(CC#Cc1ccc2c(c1)[C@]1(C(=O)N2C(=O)OCc2ccc([N+](=O)[O-])cc2)[C@H](C(=O)O)[C@H]2C(=O)O[C@H](c3ccccc3)[C@H](c3ccccc3)N2[C@@H]1c1ccccc1OCCO)C(=O)OC. The van der Waals surface area contributed by atoms with Crippen molar-refractivity contribution in [1.82, 2.24) is 4.90 Å². The number of ether oxygens (including phenoxy) is 5. The van der Waals surface area contributed by atoms with Gasteiger partial charge < -0.3 is 33.9 Å². The minimum absolute atomic E-state index is 0.0521. The van der Waals surface area contributed by atoms with Crippen LogP contribution in [0.1, 0.15) is 58.0 Å². The van der Waals surface area contributed by atoms with Gasteiger partial charge in [0.25, 0.3) is 5.69 Å². The van der Waals surface area contributed by atoms with Crippen LogP contribution in [0.3, 0.4) is 0 Å². The number of nitro groups is 1. The third-order valence-electron chi connectivity index (χ3n) is 12.5. The molecule has 2 amide bonds. The van der Waals surface area contributed by atoms with Crippen LogP contribution in [0.5, 0.6) is 5.75 Å². The average molecular weight is 938 g/mol. The van der Waals surface area contributed by atoms with Crippen molar-refractivity contribution in [1.29, 1.82) is 0 Å². The highest BCUT2D eigenvalue weighted by Crippen LogP contribution is 2.66. The molecule has 2 fully saturated rings. The number of nitro benzene ring substituents is 1. The Bertz CT molecular complexity index is 2870. The van der Waals surface area contributed by atoms with Gasteiger partial charge in [0.2, 0.25) is 5.91 Å². The fraction of sp³-hybridized carbons (Fsp3) is 0.255. The van der Waals surface area contributed by atoms with Gasteiger partial charge in [-0.2, -0.15) is 0 Å². The maximum absolute atomic E-state index is 16.1. The second-order valence-corrected chi connectivity index (χ2v) is 16.2. The number of methoxy groups -OCH3 is 2. The van der Waals surface area contributed by atoms with E-state index in [1.165, 1.54) is 42.5 Å². The molecule has 0 aromatic heterocycles. The summed E-state index contributed by atoms with van der Waals surface area (Å²) in [5.74, 6) is -3.08. The Balaban J connectivity index is 1.39. The van der Waals surface area contributed by atoms with Crippen LogP contribution in [0.25, 0.3) is 0 Å². The Hall–Kier alpha value is -8.40. The number of esters is 3. The summed E-state index contributed by atoms with van der Waals surface area (Å²) in [4.78, 5) is 98.3. The summed E-state index contributed by atoms with van der Waals surface area (Å²) in [7, 11) is 2.20. The molecule has 18 heteroatoms. The molecule has 0 saturated carbocycles. The van der Waals surface area contributed by atoms with Crippen LogP contribution in [0.2, 0.25) is 0 Å². The lowest BCUT2D eigenvalue weighted by Gasteiger charge is -2.46. The molecule has 5 aromatic carbocycles. The molecule has 8 rings (SSSR count). The number of carbonyl (C=O) groups is 6. The van der Waals surface area contributed by atoms with Gasteiger partial charge in [0, 0.05) is 29.7 Å². The summed E-state index contributed by atoms with van der Waals surface area (Å²) in [6, 6.07) is 29.4. The summed E-state index contributed by atoms with van der Waals surface area (Å²) in [6.45, 7) is -1.11. The highest BCUT2D eigenvalue weighted by atomic mass is 16.6. The summed E-state index contributed by atoms with van der Waals surface area (Å²) >= 11 is 0. The van der Waals surface area contributed by atoms with E-state index in [9.17, 15) is 44.3 Å². The van der Waals surface area contributed by atoms with E-state index in [2.05, 4.69) is 11.8 Å². The van der Waals surface area contributed by atoms with E-state index in [4.69, 9.17) is 23.7 Å². The second-order valence-electron chi connectivity index (χ2n) is 16.2. The van der Waals surface area contributed by atoms with Gasteiger partial charge in [-0.1, -0.05) is 90.7 Å². The topological polar surface area (TPSA) is 239 Å². The number of hydrogen-bond acceptors (Lipinski definition) is 15. The zero-order valence-electron chi connectivity index (χ0n) is 37.0. The van der Waals surface area contributed by atoms with E-state index in [1.54, 1.807) is 89.8 Å². The Morgan fingerprint density at radius 1 is 0.841 bits per heavy atom. The number of para-hydroxylation sites is 1. The molecule has 0 bridgehead atoms. The fourth-order valence-electron chi connectivity index (χ4n) is 9.64. The van der Waals surface area contributed by atoms with E-state index in [0.717, 1.165) is 14.2 Å². The Labute approximate surface area is 394 Å². The maximum atomic E-state index is 16.1. The van der Waals surface area contributed by atoms with Crippen LogP contribution < -0.4 is 9.64 Å². The standard InChI is InChI=1S/C51H43N3O15/c1-65-46(58)36(47(59)66-2)18-11-12-30-22-25-38-37(28-30)51(49(61)52(38)50(62)68-29-31-20-23-34(24-21-31)54(63)64)40(45(56)57)42-48(60)69-43(33-15-7-4-8-16-33)41(32-13-5-3-6-14-32)53(42)44(51)35-17-9-10-19-39(35)67-27-26-55/h3-10,13-17,19-25,28,36,40-44,55H,18,26-27,29H2,1-2H3,(H,56,57)/t40-,41-,42-,43+,44+,51-/m0/s1. The molecule has 3 heterocycles. The molecule has 0 radical (unpaired) electrons. The van der Waals surface area contributed by atoms with Gasteiger partial charge in [-0.05, 0) is 58.7 Å². The highest BCUT2D eigenvalue weighted by Gasteiger charge is 2.76. The smallest absolute Gasteiger partial charge is 0.421 e. The van der Waals surface area contributed by atoms with Crippen LogP contribution in [0.4, 0.5) is 16.2 Å². The number of rotatable bonds is 13.